The van der Waals surface area contributed by atoms with E-state index in [9.17, 15) is 0 Å². The van der Waals surface area contributed by atoms with Crippen molar-refractivity contribution in [3.8, 4) is 0 Å². The topological polar surface area (TPSA) is 12.0 Å². The minimum absolute atomic E-state index is 0.955. The molecule has 0 saturated carbocycles. The van der Waals surface area contributed by atoms with Crippen molar-refractivity contribution in [2.75, 3.05) is 4.56 Å². The molecular weight excluding hydrogens is 405 g/mol. The van der Waals surface area contributed by atoms with Crippen molar-refractivity contribution in [1.29, 1.82) is 0 Å². The molecule has 0 bridgehead atoms. The van der Waals surface area contributed by atoms with Crippen LogP contribution in [0.1, 0.15) is 64.9 Å². The standard InChI is InChI=1S/C8H8NS.3C4H9.Sn/c1-9-8(10)7-5-3-2-4-6-7;3*1-3-4-2;/h2-6H,1H2,(H,9,10);3*1,3-4H2,2H3;. The van der Waals surface area contributed by atoms with E-state index in [2.05, 4.69) is 56.4 Å². The van der Waals surface area contributed by atoms with E-state index in [1.165, 1.54) is 62.0 Å². The Balaban J connectivity index is 2.73. The summed E-state index contributed by atoms with van der Waals surface area (Å²) in [5.74, 6) is 0. The van der Waals surface area contributed by atoms with Crippen LogP contribution in [0.5, 0.6) is 0 Å². The van der Waals surface area contributed by atoms with Crippen LogP contribution in [0.25, 0.3) is 0 Å². The van der Waals surface area contributed by atoms with Gasteiger partial charge in [-0.05, 0) is 0 Å². The second kappa shape index (κ2) is 12.3. The van der Waals surface area contributed by atoms with Crippen LogP contribution in [0.3, 0.4) is 0 Å². The fourth-order valence-electron chi connectivity index (χ4n) is 3.25. The van der Waals surface area contributed by atoms with Gasteiger partial charge in [-0.15, -0.1) is 0 Å². The molecule has 0 unspecified atom stereocenters. The molecule has 1 rings (SSSR count). The van der Waals surface area contributed by atoms with Crippen molar-refractivity contribution in [2.24, 2.45) is 0 Å². The van der Waals surface area contributed by atoms with Gasteiger partial charge < -0.3 is 0 Å². The molecule has 3 heteroatoms. The first-order chi connectivity index (χ1) is 11.2. The number of nitrogens with one attached hydrogen (secondary N) is 1. The van der Waals surface area contributed by atoms with Crippen LogP contribution in [-0.2, 0) is 0 Å². The molecule has 0 atom stereocenters. The van der Waals surface area contributed by atoms with E-state index in [0.717, 1.165) is 4.99 Å². The molecule has 1 N–H and O–H groups in total. The Hall–Kier alpha value is -0.0913. The number of benzene rings is 1. The Bertz CT molecular complexity index is 411. The third-order valence-corrected chi connectivity index (χ3v) is 20.0. The average Bonchev–Trinajstić information content (AvgIpc) is 2.61. The maximum absolute atomic E-state index is 5.65. The van der Waals surface area contributed by atoms with Crippen molar-refractivity contribution in [3.05, 3.63) is 35.9 Å². The van der Waals surface area contributed by atoms with Gasteiger partial charge in [0, 0.05) is 0 Å². The molecule has 1 aromatic carbocycles. The van der Waals surface area contributed by atoms with Crippen molar-refractivity contribution >= 4 is 35.6 Å². The van der Waals surface area contributed by atoms with Gasteiger partial charge in [-0.25, -0.2) is 0 Å². The molecule has 0 amide bonds. The first-order valence-electron chi connectivity index (χ1n) is 9.50. The summed E-state index contributed by atoms with van der Waals surface area (Å²) in [6, 6.07) is 10.4. The Kier molecular flexibility index (Phi) is 11.2. The van der Waals surface area contributed by atoms with Crippen LogP contribution in [-0.4, -0.2) is 27.9 Å². The summed E-state index contributed by atoms with van der Waals surface area (Å²) in [6.07, 6.45) is 8.26. The second-order valence-electron chi connectivity index (χ2n) is 6.86. The molecule has 0 spiro atoms. The molecule has 0 aliphatic heterocycles. The van der Waals surface area contributed by atoms with Crippen LogP contribution in [0.15, 0.2) is 30.3 Å². The molecular formula is C20H35NSSn. The average molecular weight is 440 g/mol. The summed E-state index contributed by atoms with van der Waals surface area (Å²) < 4.78 is 5.85. The number of thiocarbonyl (C=S) groups is 1. The van der Waals surface area contributed by atoms with Gasteiger partial charge in [-0.2, -0.15) is 0 Å². The third kappa shape index (κ3) is 8.02. The fraction of sp³-hybridized carbons (Fsp3) is 0.650. The fourth-order valence-corrected chi connectivity index (χ4v) is 18.5. The van der Waals surface area contributed by atoms with E-state index in [4.69, 9.17) is 12.2 Å². The number of unbranched alkanes of at least 4 members (excludes halogenated alkanes) is 3. The van der Waals surface area contributed by atoms with Gasteiger partial charge in [-0.3, -0.25) is 0 Å². The van der Waals surface area contributed by atoms with E-state index in [0.29, 0.717) is 0 Å². The predicted molar refractivity (Wildman–Crippen MR) is 111 cm³/mol. The number of rotatable bonds is 12. The summed E-state index contributed by atoms with van der Waals surface area (Å²) in [5.41, 5.74) is 1.17. The Morgan fingerprint density at radius 2 is 1.35 bits per heavy atom. The van der Waals surface area contributed by atoms with Gasteiger partial charge >= 0.3 is 154 Å². The summed E-state index contributed by atoms with van der Waals surface area (Å²) in [6.45, 7) is 6.99. The zero-order chi connectivity index (χ0) is 17.0. The quantitative estimate of drug-likeness (QED) is 0.301. The molecule has 23 heavy (non-hydrogen) atoms. The summed E-state index contributed by atoms with van der Waals surface area (Å²) >= 11 is 3.54. The van der Waals surface area contributed by atoms with Crippen molar-refractivity contribution in [1.82, 2.24) is 5.32 Å². The molecule has 0 radical (unpaired) electrons. The van der Waals surface area contributed by atoms with E-state index in [-0.39, 0.29) is 0 Å². The molecule has 0 heterocycles. The van der Waals surface area contributed by atoms with E-state index in [1.54, 1.807) is 0 Å². The normalized spacial score (nSPS) is 11.4. The molecule has 0 aromatic heterocycles. The zero-order valence-corrected chi connectivity index (χ0v) is 19.0. The van der Waals surface area contributed by atoms with Crippen LogP contribution in [0.4, 0.5) is 0 Å². The Morgan fingerprint density at radius 3 is 1.78 bits per heavy atom. The monoisotopic (exact) mass is 441 g/mol. The third-order valence-electron chi connectivity index (χ3n) is 4.84. The van der Waals surface area contributed by atoms with E-state index < -0.39 is 18.4 Å². The van der Waals surface area contributed by atoms with Crippen molar-refractivity contribution in [3.63, 3.8) is 0 Å². The van der Waals surface area contributed by atoms with Gasteiger partial charge in [-0.1, -0.05) is 0 Å². The summed E-state index contributed by atoms with van der Waals surface area (Å²) in [5, 5.41) is 3.69. The molecule has 0 saturated heterocycles. The van der Waals surface area contributed by atoms with Crippen LogP contribution in [0.2, 0.25) is 13.3 Å². The van der Waals surface area contributed by atoms with Crippen molar-refractivity contribution < 1.29 is 0 Å². The first-order valence-corrected chi connectivity index (χ1v) is 18.0. The van der Waals surface area contributed by atoms with Crippen LogP contribution in [0, 0.1) is 0 Å². The summed E-state index contributed by atoms with van der Waals surface area (Å²) in [7, 11) is 0. The van der Waals surface area contributed by atoms with Crippen LogP contribution < -0.4 is 5.32 Å². The molecule has 1 nitrogen and oxygen atoms in total. The zero-order valence-electron chi connectivity index (χ0n) is 15.4. The Morgan fingerprint density at radius 1 is 0.870 bits per heavy atom. The maximum atomic E-state index is 5.65. The SMILES string of the molecule is CCC[CH2][Sn]([CH2]CCC)([CH2]CCC)[CH2]NC(=S)c1ccccc1. The van der Waals surface area contributed by atoms with E-state index in [1.807, 2.05) is 0 Å². The minimum atomic E-state index is -2.11. The number of hydrogen-bond acceptors (Lipinski definition) is 1. The van der Waals surface area contributed by atoms with Crippen molar-refractivity contribution in [2.45, 2.75) is 72.6 Å². The molecule has 130 valence electrons. The van der Waals surface area contributed by atoms with Gasteiger partial charge in [0.15, 0.2) is 0 Å². The van der Waals surface area contributed by atoms with E-state index >= 15 is 0 Å². The first kappa shape index (κ1) is 21.0. The van der Waals surface area contributed by atoms with Gasteiger partial charge in [0.1, 0.15) is 0 Å². The second-order valence-corrected chi connectivity index (χ2v) is 21.1. The van der Waals surface area contributed by atoms with Gasteiger partial charge in [0.25, 0.3) is 0 Å². The number of hydrogen-bond donors (Lipinski definition) is 1. The van der Waals surface area contributed by atoms with Gasteiger partial charge in [0.2, 0.25) is 0 Å². The molecule has 0 aliphatic carbocycles. The van der Waals surface area contributed by atoms with Crippen LogP contribution >= 0.6 is 12.2 Å². The molecule has 0 fully saturated rings. The van der Waals surface area contributed by atoms with Gasteiger partial charge in [0.05, 0.1) is 0 Å². The summed E-state index contributed by atoms with van der Waals surface area (Å²) in [4.78, 5) is 0.955. The predicted octanol–water partition coefficient (Wildman–Crippen LogP) is 6.34. The molecule has 1 aromatic rings. The Labute approximate surface area is 153 Å². The molecule has 0 aliphatic rings.